The molecule has 1 aliphatic carbocycles. The number of carbonyl (C=O) groups excluding carboxylic acids is 3. The van der Waals surface area contributed by atoms with Gasteiger partial charge in [0.05, 0.1) is 18.7 Å². The van der Waals surface area contributed by atoms with Gasteiger partial charge < -0.3 is 33.6 Å². The van der Waals surface area contributed by atoms with Gasteiger partial charge in [-0.25, -0.2) is 9.18 Å². The van der Waals surface area contributed by atoms with Crippen LogP contribution in [-0.4, -0.2) is 81.5 Å². The van der Waals surface area contributed by atoms with Gasteiger partial charge in [-0.1, -0.05) is 24.3 Å². The monoisotopic (exact) mass is 687 g/mol. The quantitative estimate of drug-likeness (QED) is 0.216. The first kappa shape index (κ1) is 35.2. The lowest BCUT2D eigenvalue weighted by Gasteiger charge is -2.41. The molecule has 0 radical (unpaired) electrons. The molecule has 0 aromatic heterocycles. The summed E-state index contributed by atoms with van der Waals surface area (Å²) in [6, 6.07) is 17.7. The highest BCUT2D eigenvalue weighted by Crippen LogP contribution is 2.44. The molecule has 50 heavy (non-hydrogen) atoms. The predicted molar refractivity (Wildman–Crippen MR) is 188 cm³/mol. The Morgan fingerprint density at radius 3 is 2.50 bits per heavy atom. The minimum absolute atomic E-state index is 0.0282. The maximum atomic E-state index is 15.0. The molecule has 3 aliphatic rings. The summed E-state index contributed by atoms with van der Waals surface area (Å²) in [6.07, 6.45) is 2.33. The highest BCUT2D eigenvalue weighted by atomic mass is 19.1. The molecule has 266 valence electrons. The fourth-order valence-electron chi connectivity index (χ4n) is 6.88. The average molecular weight is 688 g/mol. The molecule has 1 saturated carbocycles. The topological polar surface area (TPSA) is 97.9 Å². The van der Waals surface area contributed by atoms with Gasteiger partial charge in [-0.15, -0.1) is 0 Å². The van der Waals surface area contributed by atoms with Gasteiger partial charge in [-0.05, 0) is 99.9 Å². The molecule has 2 fully saturated rings. The predicted octanol–water partition coefficient (Wildman–Crippen LogP) is 6.80. The van der Waals surface area contributed by atoms with E-state index in [0.717, 1.165) is 18.4 Å². The number of hydrogen-bond acceptors (Lipinski definition) is 7. The molecule has 11 heteroatoms. The second kappa shape index (κ2) is 14.7. The number of nitrogens with zero attached hydrogens (tertiary/aromatic N) is 3. The first-order valence-electron chi connectivity index (χ1n) is 17.3. The van der Waals surface area contributed by atoms with E-state index in [1.54, 1.807) is 48.3 Å². The van der Waals surface area contributed by atoms with E-state index in [9.17, 15) is 9.59 Å². The zero-order valence-corrected chi connectivity index (χ0v) is 29.4. The molecule has 0 N–H and O–H groups in total. The molecule has 3 aromatic carbocycles. The molecule has 3 amide bonds. The maximum absolute atomic E-state index is 15.0. The van der Waals surface area contributed by atoms with Crippen molar-refractivity contribution in [3.8, 4) is 22.6 Å². The molecule has 2 atom stereocenters. The van der Waals surface area contributed by atoms with Crippen molar-refractivity contribution < 1.29 is 37.7 Å². The van der Waals surface area contributed by atoms with Crippen molar-refractivity contribution in [2.45, 2.75) is 64.0 Å². The van der Waals surface area contributed by atoms with Crippen molar-refractivity contribution in [3.63, 3.8) is 0 Å². The van der Waals surface area contributed by atoms with E-state index >= 15 is 9.18 Å². The van der Waals surface area contributed by atoms with Gasteiger partial charge in [0.1, 0.15) is 22.9 Å². The zero-order chi connectivity index (χ0) is 35.6. The Morgan fingerprint density at radius 1 is 1.02 bits per heavy atom. The Balaban J connectivity index is 1.39. The van der Waals surface area contributed by atoms with Gasteiger partial charge >= 0.3 is 6.09 Å². The maximum Gasteiger partial charge on any atom is 0.410 e. The number of ether oxygens (including phenoxy) is 4. The normalized spacial score (nSPS) is 19.0. The van der Waals surface area contributed by atoms with E-state index in [0.29, 0.717) is 66.5 Å². The second-order valence-electron chi connectivity index (χ2n) is 14.2. The third-order valence-electron chi connectivity index (χ3n) is 9.40. The Hall–Kier alpha value is -4.64. The molecule has 3 aromatic rings. The Kier molecular flexibility index (Phi) is 10.3. The van der Waals surface area contributed by atoms with Crippen LogP contribution in [0.5, 0.6) is 11.5 Å². The van der Waals surface area contributed by atoms with Crippen LogP contribution in [0.2, 0.25) is 0 Å². The Bertz CT molecular complexity index is 1740. The zero-order valence-electron chi connectivity index (χ0n) is 29.4. The Morgan fingerprint density at radius 2 is 1.80 bits per heavy atom. The van der Waals surface area contributed by atoms with Crippen molar-refractivity contribution in [1.82, 2.24) is 4.90 Å². The molecular formula is C39H46FN3O7. The van der Waals surface area contributed by atoms with Gasteiger partial charge in [0.2, 0.25) is 5.91 Å². The van der Waals surface area contributed by atoms with Crippen LogP contribution in [-0.2, 0) is 19.1 Å². The highest BCUT2D eigenvalue weighted by Gasteiger charge is 2.44. The third kappa shape index (κ3) is 7.72. The van der Waals surface area contributed by atoms with E-state index in [-0.39, 0.29) is 42.7 Å². The molecule has 10 nitrogen and oxygen atoms in total. The van der Waals surface area contributed by atoms with Gasteiger partial charge in [0.25, 0.3) is 5.91 Å². The van der Waals surface area contributed by atoms with Gasteiger partial charge in [0.15, 0.2) is 6.61 Å². The molecule has 6 rings (SSSR count). The highest BCUT2D eigenvalue weighted by molar-refractivity contribution is 6.01. The number of fused-ring (bicyclic) bond motifs is 1. The fraction of sp³-hybridized carbons (Fsp3) is 0.462. The summed E-state index contributed by atoms with van der Waals surface area (Å²) in [7, 11) is 3.19. The van der Waals surface area contributed by atoms with Crippen molar-refractivity contribution in [2.24, 2.45) is 5.92 Å². The SMILES string of the molecule is COCCCN1C(=O)COc2ccc(N(C(=O)[C@H]3CN(C(=O)OC(C)(C)C)CC[C@@H]3c3cc(OC)cc(-c4ccccc4F)c3)C3CC3)cc21. The van der Waals surface area contributed by atoms with Crippen molar-refractivity contribution in [2.75, 3.05) is 56.9 Å². The molecule has 2 aliphatic heterocycles. The summed E-state index contributed by atoms with van der Waals surface area (Å²) < 4.78 is 37.4. The largest absolute Gasteiger partial charge is 0.497 e. The van der Waals surface area contributed by atoms with Gasteiger partial charge in [-0.2, -0.15) is 0 Å². The number of rotatable bonds is 10. The number of amides is 3. The van der Waals surface area contributed by atoms with Crippen LogP contribution < -0.4 is 19.3 Å². The number of carbonyl (C=O) groups is 3. The molecule has 1 saturated heterocycles. The van der Waals surface area contributed by atoms with Gasteiger partial charge in [0, 0.05) is 50.6 Å². The lowest BCUT2D eigenvalue weighted by Crippen LogP contribution is -2.51. The van der Waals surface area contributed by atoms with Crippen molar-refractivity contribution in [1.29, 1.82) is 0 Å². The number of anilines is 2. The number of piperidine rings is 1. The van der Waals surface area contributed by atoms with Crippen LogP contribution in [0.3, 0.4) is 0 Å². The van der Waals surface area contributed by atoms with Crippen LogP contribution in [0.15, 0.2) is 60.7 Å². The third-order valence-corrected chi connectivity index (χ3v) is 9.40. The lowest BCUT2D eigenvalue weighted by atomic mass is 9.78. The molecule has 0 unspecified atom stereocenters. The first-order valence-corrected chi connectivity index (χ1v) is 17.3. The van der Waals surface area contributed by atoms with E-state index in [2.05, 4.69) is 0 Å². The van der Waals surface area contributed by atoms with E-state index in [4.69, 9.17) is 18.9 Å². The van der Waals surface area contributed by atoms with Gasteiger partial charge in [-0.3, -0.25) is 9.59 Å². The number of halogens is 1. The van der Waals surface area contributed by atoms with Crippen molar-refractivity contribution >= 4 is 29.3 Å². The average Bonchev–Trinajstić information content (AvgIpc) is 3.93. The van der Waals surface area contributed by atoms with Crippen LogP contribution in [0.4, 0.5) is 20.6 Å². The smallest absolute Gasteiger partial charge is 0.410 e. The minimum atomic E-state index is -0.702. The van der Waals surface area contributed by atoms with E-state index in [1.807, 2.05) is 56.0 Å². The fourth-order valence-corrected chi connectivity index (χ4v) is 6.88. The number of methoxy groups -OCH3 is 2. The number of likely N-dealkylation sites (tertiary alicyclic amines) is 1. The van der Waals surface area contributed by atoms with Crippen LogP contribution in [0.1, 0.15) is 57.9 Å². The van der Waals surface area contributed by atoms with E-state index < -0.39 is 17.6 Å². The van der Waals surface area contributed by atoms with Crippen LogP contribution >= 0.6 is 0 Å². The minimum Gasteiger partial charge on any atom is -0.497 e. The van der Waals surface area contributed by atoms with E-state index in [1.165, 1.54) is 6.07 Å². The van der Waals surface area contributed by atoms with Crippen LogP contribution in [0, 0.1) is 11.7 Å². The number of benzene rings is 3. The lowest BCUT2D eigenvalue weighted by molar-refractivity contribution is -0.124. The molecule has 0 spiro atoms. The summed E-state index contributed by atoms with van der Waals surface area (Å²) >= 11 is 0. The van der Waals surface area contributed by atoms with Crippen LogP contribution in [0.25, 0.3) is 11.1 Å². The summed E-state index contributed by atoms with van der Waals surface area (Å²) in [5.74, 6) is -0.467. The molecule has 2 heterocycles. The number of hydrogen-bond donors (Lipinski definition) is 0. The Labute approximate surface area is 293 Å². The summed E-state index contributed by atoms with van der Waals surface area (Å²) in [4.78, 5) is 46.5. The summed E-state index contributed by atoms with van der Waals surface area (Å²) in [6.45, 7) is 6.89. The molecule has 0 bridgehead atoms. The first-order chi connectivity index (χ1) is 24.0. The molecular weight excluding hydrogens is 641 g/mol. The second-order valence-corrected chi connectivity index (χ2v) is 14.2. The van der Waals surface area contributed by atoms with Crippen molar-refractivity contribution in [3.05, 3.63) is 72.0 Å². The summed E-state index contributed by atoms with van der Waals surface area (Å²) in [5.41, 5.74) is 2.48. The standard InChI is InChI=1S/C39H46FN3O7/c1-39(2,3)50-38(46)41-17-15-30(25-19-26(21-29(20-25)48-5)31-9-6-7-10-33(31)40)32(23-41)37(45)43(27-11-12-27)28-13-14-35-34(22-28)42(16-8-18-47-4)36(44)24-49-35/h6-7,9-10,13-14,19-22,27,30,32H,8,11-12,15-18,23-24H2,1-5H3/t30-,32+/m1/s1. The summed E-state index contributed by atoms with van der Waals surface area (Å²) in [5, 5.41) is 0.